The first-order chi connectivity index (χ1) is 6.74. The van der Waals surface area contributed by atoms with Crippen LogP contribution in [0, 0.1) is 0 Å². The molecule has 0 aromatic rings. The van der Waals surface area contributed by atoms with Gasteiger partial charge in [-0.3, -0.25) is 9.69 Å². The van der Waals surface area contributed by atoms with Gasteiger partial charge < -0.3 is 9.64 Å². The standard InChI is InChI=1S/C10H20N2O2/c1-3-11(2)10(13)4-5-12-6-8-14-9-7-12/h3-9H2,1-2H3. The van der Waals surface area contributed by atoms with Crippen LogP contribution in [0.2, 0.25) is 0 Å². The maximum atomic E-state index is 11.5. The summed E-state index contributed by atoms with van der Waals surface area (Å²) in [6.45, 7) is 7.18. The quantitative estimate of drug-likeness (QED) is 0.649. The zero-order valence-electron chi connectivity index (χ0n) is 9.16. The van der Waals surface area contributed by atoms with Gasteiger partial charge in [-0.2, -0.15) is 0 Å². The highest BCUT2D eigenvalue weighted by molar-refractivity contribution is 5.75. The van der Waals surface area contributed by atoms with Gasteiger partial charge in [-0.25, -0.2) is 0 Å². The molecule has 0 aliphatic carbocycles. The lowest BCUT2D eigenvalue weighted by atomic mass is 10.3. The molecule has 1 aliphatic rings. The van der Waals surface area contributed by atoms with Gasteiger partial charge in [-0.1, -0.05) is 0 Å². The summed E-state index contributed by atoms with van der Waals surface area (Å²) in [6.07, 6.45) is 0.629. The highest BCUT2D eigenvalue weighted by Crippen LogP contribution is 1.99. The first-order valence-corrected chi connectivity index (χ1v) is 5.28. The lowest BCUT2D eigenvalue weighted by molar-refractivity contribution is -0.130. The highest BCUT2D eigenvalue weighted by atomic mass is 16.5. The molecule has 1 aliphatic heterocycles. The smallest absolute Gasteiger partial charge is 0.223 e. The molecular weight excluding hydrogens is 180 g/mol. The molecule has 0 bridgehead atoms. The number of nitrogens with zero attached hydrogens (tertiary/aromatic N) is 2. The number of rotatable bonds is 4. The van der Waals surface area contributed by atoms with Gasteiger partial charge in [0.1, 0.15) is 0 Å². The van der Waals surface area contributed by atoms with Crippen molar-refractivity contribution in [2.45, 2.75) is 13.3 Å². The van der Waals surface area contributed by atoms with Crippen LogP contribution in [0.3, 0.4) is 0 Å². The average Bonchev–Trinajstić information content (AvgIpc) is 2.26. The van der Waals surface area contributed by atoms with E-state index in [-0.39, 0.29) is 5.91 Å². The summed E-state index contributed by atoms with van der Waals surface area (Å²) in [7, 11) is 1.85. The van der Waals surface area contributed by atoms with E-state index >= 15 is 0 Å². The van der Waals surface area contributed by atoms with Gasteiger partial charge in [0, 0.05) is 39.6 Å². The Balaban J connectivity index is 2.15. The van der Waals surface area contributed by atoms with Gasteiger partial charge in [0.05, 0.1) is 13.2 Å². The zero-order chi connectivity index (χ0) is 10.4. The Hall–Kier alpha value is -0.610. The molecule has 0 N–H and O–H groups in total. The SMILES string of the molecule is CCN(C)C(=O)CCN1CCOCC1. The van der Waals surface area contributed by atoms with Crippen molar-refractivity contribution in [1.82, 2.24) is 9.80 Å². The predicted molar refractivity (Wildman–Crippen MR) is 55.2 cm³/mol. The monoisotopic (exact) mass is 200 g/mol. The fraction of sp³-hybridized carbons (Fsp3) is 0.900. The minimum atomic E-state index is 0.235. The van der Waals surface area contributed by atoms with Crippen LogP contribution in [0.5, 0.6) is 0 Å². The van der Waals surface area contributed by atoms with Crippen molar-refractivity contribution >= 4 is 5.91 Å². The van der Waals surface area contributed by atoms with E-state index in [0.717, 1.165) is 39.4 Å². The van der Waals surface area contributed by atoms with Crippen molar-refractivity contribution in [1.29, 1.82) is 0 Å². The second-order valence-electron chi connectivity index (χ2n) is 3.61. The second kappa shape index (κ2) is 5.98. The van der Waals surface area contributed by atoms with Gasteiger partial charge in [0.25, 0.3) is 0 Å². The van der Waals surface area contributed by atoms with Crippen LogP contribution >= 0.6 is 0 Å². The van der Waals surface area contributed by atoms with Crippen LogP contribution in [-0.2, 0) is 9.53 Å². The molecular formula is C10H20N2O2. The molecule has 1 heterocycles. The number of carbonyl (C=O) groups is 1. The minimum Gasteiger partial charge on any atom is -0.379 e. The Morgan fingerprint density at radius 1 is 1.43 bits per heavy atom. The van der Waals surface area contributed by atoms with Gasteiger partial charge in [-0.15, -0.1) is 0 Å². The van der Waals surface area contributed by atoms with Crippen molar-refractivity contribution in [3.05, 3.63) is 0 Å². The first-order valence-electron chi connectivity index (χ1n) is 5.28. The Bertz CT molecular complexity index is 179. The number of morpholine rings is 1. The summed E-state index contributed by atoms with van der Waals surface area (Å²) < 4.78 is 5.24. The van der Waals surface area contributed by atoms with Gasteiger partial charge in [0.2, 0.25) is 5.91 Å². The summed E-state index contributed by atoms with van der Waals surface area (Å²) >= 11 is 0. The topological polar surface area (TPSA) is 32.8 Å². The molecule has 0 aromatic heterocycles. The minimum absolute atomic E-state index is 0.235. The van der Waals surface area contributed by atoms with Crippen LogP contribution in [0.15, 0.2) is 0 Å². The van der Waals surface area contributed by atoms with Crippen molar-refractivity contribution < 1.29 is 9.53 Å². The van der Waals surface area contributed by atoms with Crippen LogP contribution in [0.1, 0.15) is 13.3 Å². The van der Waals surface area contributed by atoms with Gasteiger partial charge in [0.15, 0.2) is 0 Å². The average molecular weight is 200 g/mol. The third-order valence-corrected chi connectivity index (χ3v) is 2.65. The lowest BCUT2D eigenvalue weighted by Crippen LogP contribution is -2.39. The van der Waals surface area contributed by atoms with Crippen molar-refractivity contribution in [2.75, 3.05) is 46.4 Å². The summed E-state index contributed by atoms with van der Waals surface area (Å²) in [4.78, 5) is 15.5. The molecule has 82 valence electrons. The molecule has 4 nitrogen and oxygen atoms in total. The van der Waals surface area contributed by atoms with Crippen LogP contribution < -0.4 is 0 Å². The maximum Gasteiger partial charge on any atom is 0.223 e. The van der Waals surface area contributed by atoms with E-state index in [1.807, 2.05) is 14.0 Å². The molecule has 1 fully saturated rings. The second-order valence-corrected chi connectivity index (χ2v) is 3.61. The van der Waals surface area contributed by atoms with Crippen molar-refractivity contribution in [3.8, 4) is 0 Å². The predicted octanol–water partition coefficient (Wildman–Crippen LogP) is 0.187. The number of ether oxygens (including phenoxy) is 1. The third-order valence-electron chi connectivity index (χ3n) is 2.65. The summed E-state index contributed by atoms with van der Waals surface area (Å²) in [6, 6.07) is 0. The summed E-state index contributed by atoms with van der Waals surface area (Å²) in [5.74, 6) is 0.235. The number of carbonyl (C=O) groups excluding carboxylic acids is 1. The fourth-order valence-corrected chi connectivity index (χ4v) is 1.45. The van der Waals surface area contributed by atoms with Gasteiger partial charge >= 0.3 is 0 Å². The normalized spacial score (nSPS) is 18.1. The molecule has 0 spiro atoms. The molecule has 1 saturated heterocycles. The first kappa shape index (κ1) is 11.5. The highest BCUT2D eigenvalue weighted by Gasteiger charge is 2.13. The number of hydrogen-bond donors (Lipinski definition) is 0. The Morgan fingerprint density at radius 3 is 2.64 bits per heavy atom. The van der Waals surface area contributed by atoms with Crippen LogP contribution in [0.4, 0.5) is 0 Å². The van der Waals surface area contributed by atoms with Crippen LogP contribution in [-0.4, -0.2) is 62.1 Å². The van der Waals surface area contributed by atoms with Crippen LogP contribution in [0.25, 0.3) is 0 Å². The van der Waals surface area contributed by atoms with E-state index in [1.54, 1.807) is 4.90 Å². The van der Waals surface area contributed by atoms with Gasteiger partial charge in [-0.05, 0) is 6.92 Å². The number of hydrogen-bond acceptors (Lipinski definition) is 3. The summed E-state index contributed by atoms with van der Waals surface area (Å²) in [5, 5.41) is 0. The Labute approximate surface area is 85.8 Å². The Morgan fingerprint density at radius 2 is 2.07 bits per heavy atom. The van der Waals surface area contributed by atoms with E-state index < -0.39 is 0 Å². The van der Waals surface area contributed by atoms with Crippen molar-refractivity contribution in [3.63, 3.8) is 0 Å². The molecule has 0 aromatic carbocycles. The molecule has 4 heteroatoms. The Kier molecular flexibility index (Phi) is 4.90. The largest absolute Gasteiger partial charge is 0.379 e. The molecule has 0 radical (unpaired) electrons. The summed E-state index contributed by atoms with van der Waals surface area (Å²) in [5.41, 5.74) is 0. The zero-order valence-corrected chi connectivity index (χ0v) is 9.16. The van der Waals surface area contributed by atoms with E-state index in [2.05, 4.69) is 4.90 Å². The van der Waals surface area contributed by atoms with E-state index in [9.17, 15) is 4.79 Å². The molecule has 14 heavy (non-hydrogen) atoms. The molecule has 0 atom stereocenters. The third kappa shape index (κ3) is 3.64. The number of amides is 1. The van der Waals surface area contributed by atoms with E-state index in [1.165, 1.54) is 0 Å². The molecule has 1 rings (SSSR count). The molecule has 1 amide bonds. The fourth-order valence-electron chi connectivity index (χ4n) is 1.45. The molecule has 0 unspecified atom stereocenters. The maximum absolute atomic E-state index is 11.5. The lowest BCUT2D eigenvalue weighted by Gasteiger charge is -2.26. The van der Waals surface area contributed by atoms with Crippen molar-refractivity contribution in [2.24, 2.45) is 0 Å². The van der Waals surface area contributed by atoms with E-state index in [4.69, 9.17) is 4.74 Å². The molecule has 0 saturated carbocycles. The van der Waals surface area contributed by atoms with E-state index in [0.29, 0.717) is 6.42 Å².